The molecule has 2 amide bonds. The molecule has 1 aromatic carbocycles. The smallest absolute Gasteiger partial charge is 0.261 e. The predicted molar refractivity (Wildman–Crippen MR) is 120 cm³/mol. The highest BCUT2D eigenvalue weighted by atomic mass is 32.2. The van der Waals surface area contributed by atoms with E-state index in [0.29, 0.717) is 30.7 Å². The van der Waals surface area contributed by atoms with E-state index < -0.39 is 22.0 Å². The lowest BCUT2D eigenvalue weighted by molar-refractivity contribution is -0.131. The lowest BCUT2D eigenvalue weighted by atomic mass is 10.1. The lowest BCUT2D eigenvalue weighted by Crippen LogP contribution is -2.45. The molecule has 0 saturated carbocycles. The summed E-state index contributed by atoms with van der Waals surface area (Å²) in [6.07, 6.45) is 4.07. The van der Waals surface area contributed by atoms with Crippen molar-refractivity contribution in [3.63, 3.8) is 0 Å². The SMILES string of the molecule is CC#CCOc1ccc(S(=O)(=O)N[C@H](CCCCNC(=O)c2ccncc2)C(=O)NO)cc1. The molecule has 0 aliphatic carbocycles. The van der Waals surface area contributed by atoms with Gasteiger partial charge >= 0.3 is 0 Å². The van der Waals surface area contributed by atoms with Gasteiger partial charge in [-0.1, -0.05) is 5.92 Å². The summed E-state index contributed by atoms with van der Waals surface area (Å²) >= 11 is 0. The molecule has 4 N–H and O–H groups in total. The molecule has 0 radical (unpaired) electrons. The molecule has 2 rings (SSSR count). The molecule has 0 spiro atoms. The van der Waals surface area contributed by atoms with Gasteiger partial charge in [0.05, 0.1) is 4.90 Å². The molecule has 11 heteroatoms. The Morgan fingerprint density at radius 2 is 1.82 bits per heavy atom. The Morgan fingerprint density at radius 3 is 2.45 bits per heavy atom. The van der Waals surface area contributed by atoms with Crippen LogP contribution in [0.5, 0.6) is 5.75 Å². The third-order valence-corrected chi connectivity index (χ3v) is 5.98. The van der Waals surface area contributed by atoms with Crippen molar-refractivity contribution < 1.29 is 28.0 Å². The van der Waals surface area contributed by atoms with Gasteiger partial charge in [-0.3, -0.25) is 19.8 Å². The summed E-state index contributed by atoms with van der Waals surface area (Å²) in [7, 11) is -4.03. The summed E-state index contributed by atoms with van der Waals surface area (Å²) in [4.78, 5) is 27.8. The average molecular weight is 475 g/mol. The van der Waals surface area contributed by atoms with E-state index in [-0.39, 0.29) is 23.8 Å². The van der Waals surface area contributed by atoms with Gasteiger partial charge in [-0.05, 0) is 62.6 Å². The molecule has 10 nitrogen and oxygen atoms in total. The van der Waals surface area contributed by atoms with E-state index in [2.05, 4.69) is 26.9 Å². The van der Waals surface area contributed by atoms with Gasteiger partial charge in [0, 0.05) is 24.5 Å². The van der Waals surface area contributed by atoms with Gasteiger partial charge in [0.15, 0.2) is 0 Å². The van der Waals surface area contributed by atoms with Crippen molar-refractivity contribution in [3.8, 4) is 17.6 Å². The quantitative estimate of drug-likeness (QED) is 0.157. The van der Waals surface area contributed by atoms with E-state index in [0.717, 1.165) is 0 Å². The van der Waals surface area contributed by atoms with Gasteiger partial charge in [-0.15, -0.1) is 5.92 Å². The molecule has 1 aromatic heterocycles. The van der Waals surface area contributed by atoms with Crippen molar-refractivity contribution in [2.24, 2.45) is 0 Å². The van der Waals surface area contributed by atoms with Gasteiger partial charge in [-0.2, -0.15) is 4.72 Å². The lowest BCUT2D eigenvalue weighted by Gasteiger charge is -2.17. The van der Waals surface area contributed by atoms with E-state index in [1.165, 1.54) is 42.1 Å². The molecule has 176 valence electrons. The van der Waals surface area contributed by atoms with E-state index in [1.807, 2.05) is 0 Å². The van der Waals surface area contributed by atoms with Crippen LogP contribution < -0.4 is 20.3 Å². The minimum Gasteiger partial charge on any atom is -0.481 e. The number of hydroxylamine groups is 1. The van der Waals surface area contributed by atoms with E-state index >= 15 is 0 Å². The maximum absolute atomic E-state index is 12.7. The number of carbonyl (C=O) groups excluding carboxylic acids is 2. The number of rotatable bonds is 12. The second kappa shape index (κ2) is 13.2. The third-order valence-electron chi connectivity index (χ3n) is 4.49. The van der Waals surface area contributed by atoms with Gasteiger partial charge in [0.25, 0.3) is 11.8 Å². The maximum Gasteiger partial charge on any atom is 0.261 e. The number of amides is 2. The molecule has 1 heterocycles. The zero-order valence-corrected chi connectivity index (χ0v) is 18.9. The molecular weight excluding hydrogens is 448 g/mol. The fourth-order valence-electron chi connectivity index (χ4n) is 2.76. The number of sulfonamides is 1. The number of ether oxygens (including phenoxy) is 1. The largest absolute Gasteiger partial charge is 0.481 e. The molecule has 0 unspecified atom stereocenters. The van der Waals surface area contributed by atoms with E-state index in [9.17, 15) is 18.0 Å². The number of aromatic nitrogens is 1. The van der Waals surface area contributed by atoms with Crippen molar-refractivity contribution in [1.29, 1.82) is 0 Å². The molecular formula is C22H26N4O6S. The summed E-state index contributed by atoms with van der Waals surface area (Å²) in [5, 5.41) is 11.7. The number of pyridine rings is 1. The fraction of sp³-hybridized carbons (Fsp3) is 0.318. The number of hydrogen-bond donors (Lipinski definition) is 4. The Bertz CT molecular complexity index is 1080. The first-order chi connectivity index (χ1) is 15.9. The Balaban J connectivity index is 1.88. The van der Waals surface area contributed by atoms with Crippen molar-refractivity contribution >= 4 is 21.8 Å². The van der Waals surface area contributed by atoms with E-state index in [1.54, 1.807) is 19.1 Å². The van der Waals surface area contributed by atoms with Crippen LogP contribution in [-0.4, -0.2) is 49.6 Å². The summed E-state index contributed by atoms with van der Waals surface area (Å²) in [5.41, 5.74) is 1.96. The standard InChI is InChI=1S/C22H26N4O6S/c1-2-3-16-32-18-7-9-19(10-8-18)33(30,31)26-20(22(28)25-29)6-4-5-13-24-21(27)17-11-14-23-15-12-17/h7-12,14-15,20,26,29H,4-6,13,16H2,1H3,(H,24,27)(H,25,28)/t20-/m1/s1. The maximum atomic E-state index is 12.7. The molecule has 0 fully saturated rings. The van der Waals surface area contributed by atoms with Gasteiger partial charge < -0.3 is 10.1 Å². The first kappa shape index (κ1) is 25.8. The van der Waals surface area contributed by atoms with Crippen molar-refractivity contribution in [2.45, 2.75) is 37.1 Å². The van der Waals surface area contributed by atoms with Gasteiger partial charge in [0.1, 0.15) is 18.4 Å². The van der Waals surface area contributed by atoms with Crippen LogP contribution in [0.3, 0.4) is 0 Å². The van der Waals surface area contributed by atoms with Crippen molar-refractivity contribution in [2.75, 3.05) is 13.2 Å². The molecule has 0 saturated heterocycles. The first-order valence-corrected chi connectivity index (χ1v) is 11.6. The van der Waals surface area contributed by atoms with Crippen LogP contribution in [0.1, 0.15) is 36.5 Å². The molecule has 0 aliphatic rings. The topological polar surface area (TPSA) is 147 Å². The van der Waals surface area contributed by atoms with Crippen LogP contribution in [0.4, 0.5) is 0 Å². The monoisotopic (exact) mass is 474 g/mol. The number of unbranched alkanes of at least 4 members (excludes halogenated alkanes) is 1. The number of nitrogens with zero attached hydrogens (tertiary/aromatic N) is 1. The third kappa shape index (κ3) is 8.53. The highest BCUT2D eigenvalue weighted by Gasteiger charge is 2.25. The first-order valence-electron chi connectivity index (χ1n) is 10.1. The number of nitrogens with one attached hydrogen (secondary N) is 3. The van der Waals surface area contributed by atoms with Crippen LogP contribution in [0.2, 0.25) is 0 Å². The normalized spacial score (nSPS) is 11.6. The average Bonchev–Trinajstić information content (AvgIpc) is 2.83. The zero-order chi connectivity index (χ0) is 24.1. The summed E-state index contributed by atoms with van der Waals surface area (Å²) in [5.74, 6) is 4.74. The predicted octanol–water partition coefficient (Wildman–Crippen LogP) is 1.24. The Kier molecular flexibility index (Phi) is 10.3. The van der Waals surface area contributed by atoms with Crippen molar-refractivity contribution in [3.05, 3.63) is 54.4 Å². The summed E-state index contributed by atoms with van der Waals surface area (Å²) < 4.78 is 33.0. The highest BCUT2D eigenvalue weighted by molar-refractivity contribution is 7.89. The molecule has 33 heavy (non-hydrogen) atoms. The van der Waals surface area contributed by atoms with Gasteiger partial charge in [-0.25, -0.2) is 13.9 Å². The number of benzene rings is 1. The van der Waals surface area contributed by atoms with Crippen LogP contribution in [0.25, 0.3) is 0 Å². The summed E-state index contributed by atoms with van der Waals surface area (Å²) in [6, 6.07) is 7.65. The van der Waals surface area contributed by atoms with Crippen molar-refractivity contribution in [1.82, 2.24) is 20.5 Å². The minimum atomic E-state index is -4.03. The van der Waals surface area contributed by atoms with Gasteiger partial charge in [0.2, 0.25) is 10.0 Å². The Labute approximate surface area is 192 Å². The van der Waals surface area contributed by atoms with E-state index in [4.69, 9.17) is 9.94 Å². The fourth-order valence-corrected chi connectivity index (χ4v) is 3.99. The second-order valence-electron chi connectivity index (χ2n) is 6.82. The number of hydrogen-bond acceptors (Lipinski definition) is 7. The Hall–Kier alpha value is -3.46. The minimum absolute atomic E-state index is 0.0585. The second-order valence-corrected chi connectivity index (χ2v) is 8.54. The number of carbonyl (C=O) groups is 2. The summed E-state index contributed by atoms with van der Waals surface area (Å²) in [6.45, 7) is 2.20. The van der Waals surface area contributed by atoms with Crippen LogP contribution in [0.15, 0.2) is 53.7 Å². The van der Waals surface area contributed by atoms with Crippen LogP contribution in [0, 0.1) is 11.8 Å². The zero-order valence-electron chi connectivity index (χ0n) is 18.1. The molecule has 1 atom stereocenters. The molecule has 0 bridgehead atoms. The highest BCUT2D eigenvalue weighted by Crippen LogP contribution is 2.17. The Morgan fingerprint density at radius 1 is 1.12 bits per heavy atom. The van der Waals surface area contributed by atoms with Crippen LogP contribution >= 0.6 is 0 Å². The molecule has 0 aliphatic heterocycles. The van der Waals surface area contributed by atoms with Crippen LogP contribution in [-0.2, 0) is 14.8 Å². The molecule has 2 aromatic rings.